The van der Waals surface area contributed by atoms with Gasteiger partial charge in [-0.25, -0.2) is 0 Å². The van der Waals surface area contributed by atoms with Crippen molar-refractivity contribution in [3.05, 3.63) is 69.7 Å². The predicted molar refractivity (Wildman–Crippen MR) is 106 cm³/mol. The smallest absolute Gasteiger partial charge is 0.0475 e. The van der Waals surface area contributed by atoms with Crippen molar-refractivity contribution in [3.8, 4) is 0 Å². The first-order valence-corrected chi connectivity index (χ1v) is 9.93. The molecule has 0 spiro atoms. The minimum absolute atomic E-state index is 0.379. The average molecular weight is 354 g/mol. The Labute approximate surface area is 157 Å². The van der Waals surface area contributed by atoms with Crippen molar-refractivity contribution in [2.24, 2.45) is 5.41 Å². The molecule has 1 aliphatic heterocycles. The van der Waals surface area contributed by atoms with Crippen molar-refractivity contribution < 1.29 is 0 Å². The first-order valence-electron chi connectivity index (χ1n) is 9.55. The first kappa shape index (κ1) is 17.1. The van der Waals surface area contributed by atoms with Gasteiger partial charge in [-0.15, -0.1) is 0 Å². The molecule has 0 bridgehead atoms. The van der Waals surface area contributed by atoms with Crippen molar-refractivity contribution in [3.63, 3.8) is 0 Å². The van der Waals surface area contributed by atoms with Crippen LogP contribution >= 0.6 is 11.6 Å². The van der Waals surface area contributed by atoms with Crippen LogP contribution in [0.5, 0.6) is 0 Å². The topological polar surface area (TPSA) is 3.24 Å². The molecule has 2 aliphatic rings. The normalized spacial score (nSPS) is 25.9. The quantitative estimate of drug-likeness (QED) is 0.652. The summed E-state index contributed by atoms with van der Waals surface area (Å²) in [5.41, 5.74) is 6.04. The van der Waals surface area contributed by atoms with Gasteiger partial charge in [0, 0.05) is 30.6 Å². The summed E-state index contributed by atoms with van der Waals surface area (Å²) in [6.07, 6.45) is 2.37. The fraction of sp³-hybridized carbons (Fsp3) is 0.478. The van der Waals surface area contributed by atoms with Gasteiger partial charge in [0.2, 0.25) is 0 Å². The summed E-state index contributed by atoms with van der Waals surface area (Å²) in [5, 5.41) is 1.04. The van der Waals surface area contributed by atoms with E-state index in [2.05, 4.69) is 68.1 Å². The highest BCUT2D eigenvalue weighted by molar-refractivity contribution is 6.32. The molecule has 4 rings (SSSR count). The van der Waals surface area contributed by atoms with E-state index in [9.17, 15) is 0 Å². The van der Waals surface area contributed by atoms with Crippen LogP contribution in [0.25, 0.3) is 0 Å². The third-order valence-corrected chi connectivity index (χ3v) is 6.82. The Morgan fingerprint density at radius 2 is 1.92 bits per heavy atom. The number of fused-ring (bicyclic) bond motifs is 3. The second-order valence-electron chi connectivity index (χ2n) is 8.55. The van der Waals surface area contributed by atoms with Gasteiger partial charge in [0.1, 0.15) is 0 Å². The monoisotopic (exact) mass is 353 g/mol. The van der Waals surface area contributed by atoms with Gasteiger partial charge in [0.05, 0.1) is 0 Å². The minimum atomic E-state index is 0.379. The van der Waals surface area contributed by atoms with Gasteiger partial charge in [-0.3, -0.25) is 4.90 Å². The van der Waals surface area contributed by atoms with Gasteiger partial charge in [0.15, 0.2) is 0 Å². The van der Waals surface area contributed by atoms with E-state index in [0.717, 1.165) is 24.5 Å². The molecule has 132 valence electrons. The predicted octanol–water partition coefficient (Wildman–Crippen LogP) is 6.02. The van der Waals surface area contributed by atoms with Gasteiger partial charge < -0.3 is 0 Å². The van der Waals surface area contributed by atoms with Crippen LogP contribution in [-0.4, -0.2) is 18.0 Å². The molecule has 1 saturated heterocycles. The molecular weight excluding hydrogens is 326 g/mol. The number of halogens is 1. The fourth-order valence-corrected chi connectivity index (χ4v) is 5.43. The molecule has 0 N–H and O–H groups in total. The fourth-order valence-electron chi connectivity index (χ4n) is 4.94. The van der Waals surface area contributed by atoms with Crippen LogP contribution in [-0.2, 0) is 13.0 Å². The van der Waals surface area contributed by atoms with E-state index < -0.39 is 0 Å². The molecule has 0 aromatic heterocycles. The summed E-state index contributed by atoms with van der Waals surface area (Å²) < 4.78 is 0. The van der Waals surface area contributed by atoms with E-state index in [0.29, 0.717) is 17.3 Å². The number of benzene rings is 2. The number of nitrogens with zero attached hydrogens (tertiary/aromatic N) is 1. The van der Waals surface area contributed by atoms with E-state index in [-0.39, 0.29) is 0 Å². The Hall–Kier alpha value is -1.31. The molecule has 2 atom stereocenters. The summed E-state index contributed by atoms with van der Waals surface area (Å²) in [6.45, 7) is 10.3. The summed E-state index contributed by atoms with van der Waals surface area (Å²) in [7, 11) is 0. The van der Waals surface area contributed by atoms with Crippen molar-refractivity contribution >= 4 is 11.6 Å². The number of likely N-dealkylation sites (tertiary alicyclic amines) is 1. The Bertz CT molecular complexity index is 767. The molecule has 0 amide bonds. The van der Waals surface area contributed by atoms with E-state index in [1.54, 1.807) is 0 Å². The summed E-state index contributed by atoms with van der Waals surface area (Å²) >= 11 is 6.81. The van der Waals surface area contributed by atoms with Crippen LogP contribution in [0.2, 0.25) is 5.02 Å². The van der Waals surface area contributed by atoms with E-state index in [4.69, 9.17) is 11.6 Å². The van der Waals surface area contributed by atoms with Crippen molar-refractivity contribution in [2.75, 3.05) is 13.1 Å². The van der Waals surface area contributed by atoms with Crippen LogP contribution in [0, 0.1) is 5.41 Å². The standard InChI is InChI=1S/C23H28ClN/c1-16(2)18-9-10-19-20(22(18)24)11-12-23(3)15-25(14-21(19)23)13-17-7-5-4-6-8-17/h4-10,16,21H,11-15H2,1-3H3. The molecule has 2 unspecified atom stereocenters. The average Bonchev–Trinajstić information content (AvgIpc) is 2.92. The Kier molecular flexibility index (Phi) is 4.42. The third-order valence-electron chi connectivity index (χ3n) is 6.37. The molecule has 2 aromatic carbocycles. The molecule has 1 aliphatic carbocycles. The van der Waals surface area contributed by atoms with Crippen LogP contribution in [0.4, 0.5) is 0 Å². The summed E-state index contributed by atoms with van der Waals surface area (Å²) in [5.74, 6) is 1.10. The Balaban J connectivity index is 1.63. The Morgan fingerprint density at radius 3 is 2.64 bits per heavy atom. The van der Waals surface area contributed by atoms with Crippen molar-refractivity contribution in [1.82, 2.24) is 4.90 Å². The van der Waals surface area contributed by atoms with Crippen LogP contribution < -0.4 is 0 Å². The van der Waals surface area contributed by atoms with Gasteiger partial charge >= 0.3 is 0 Å². The molecule has 1 heterocycles. The van der Waals surface area contributed by atoms with Gasteiger partial charge in [-0.2, -0.15) is 0 Å². The third kappa shape index (κ3) is 3.02. The summed E-state index contributed by atoms with van der Waals surface area (Å²) in [6, 6.07) is 15.5. The highest BCUT2D eigenvalue weighted by atomic mass is 35.5. The zero-order valence-electron chi connectivity index (χ0n) is 15.6. The van der Waals surface area contributed by atoms with Gasteiger partial charge in [0.25, 0.3) is 0 Å². The molecule has 2 aromatic rings. The lowest BCUT2D eigenvalue weighted by Gasteiger charge is -2.37. The lowest BCUT2D eigenvalue weighted by atomic mass is 9.66. The highest BCUT2D eigenvalue weighted by Gasteiger charge is 2.46. The summed E-state index contributed by atoms with van der Waals surface area (Å²) in [4.78, 5) is 2.64. The van der Waals surface area contributed by atoms with Crippen LogP contribution in [0.3, 0.4) is 0 Å². The second-order valence-corrected chi connectivity index (χ2v) is 8.93. The lowest BCUT2D eigenvalue weighted by Crippen LogP contribution is -2.31. The molecule has 2 heteroatoms. The maximum absolute atomic E-state index is 6.81. The van der Waals surface area contributed by atoms with E-state index in [1.165, 1.54) is 35.2 Å². The zero-order valence-corrected chi connectivity index (χ0v) is 16.3. The van der Waals surface area contributed by atoms with Gasteiger partial charge in [-0.1, -0.05) is 74.8 Å². The number of rotatable bonds is 3. The number of hydrogen-bond donors (Lipinski definition) is 0. The van der Waals surface area contributed by atoms with E-state index >= 15 is 0 Å². The van der Waals surface area contributed by atoms with Crippen molar-refractivity contribution in [2.45, 2.75) is 52.0 Å². The molecule has 1 nitrogen and oxygen atoms in total. The SMILES string of the molecule is CC(C)c1ccc2c(c1Cl)CCC1(C)CN(Cc3ccccc3)CC21. The highest BCUT2D eigenvalue weighted by Crippen LogP contribution is 2.52. The zero-order chi connectivity index (χ0) is 17.6. The van der Waals surface area contributed by atoms with Gasteiger partial charge in [-0.05, 0) is 46.4 Å². The maximum Gasteiger partial charge on any atom is 0.0475 e. The molecular formula is C23H28ClN. The second kappa shape index (κ2) is 6.45. The Morgan fingerprint density at radius 1 is 1.16 bits per heavy atom. The minimum Gasteiger partial charge on any atom is -0.298 e. The van der Waals surface area contributed by atoms with E-state index in [1.807, 2.05) is 0 Å². The molecule has 0 saturated carbocycles. The largest absolute Gasteiger partial charge is 0.298 e. The maximum atomic E-state index is 6.81. The first-order chi connectivity index (χ1) is 12.0. The molecule has 1 fully saturated rings. The number of hydrogen-bond acceptors (Lipinski definition) is 1. The molecule has 0 radical (unpaired) electrons. The molecule has 25 heavy (non-hydrogen) atoms. The van der Waals surface area contributed by atoms with Crippen LogP contribution in [0.15, 0.2) is 42.5 Å². The van der Waals surface area contributed by atoms with Crippen LogP contribution in [0.1, 0.15) is 61.3 Å². The lowest BCUT2D eigenvalue weighted by molar-refractivity contribution is 0.240. The van der Waals surface area contributed by atoms with Crippen molar-refractivity contribution in [1.29, 1.82) is 0 Å².